The summed E-state index contributed by atoms with van der Waals surface area (Å²) < 4.78 is 1.17. The van der Waals surface area contributed by atoms with Gasteiger partial charge in [0.2, 0.25) is 0 Å². The number of likely N-dealkylation sites (N-methyl/N-ethyl adjacent to an activating group) is 1. The van der Waals surface area contributed by atoms with Gasteiger partial charge in [0.1, 0.15) is 0 Å². The molecule has 0 heterocycles. The van der Waals surface area contributed by atoms with E-state index in [-0.39, 0.29) is 0 Å². The molecule has 0 saturated carbocycles. The Morgan fingerprint density at radius 2 is 2.06 bits per heavy atom. The summed E-state index contributed by atoms with van der Waals surface area (Å²) in [5.41, 5.74) is 7.82. The van der Waals surface area contributed by atoms with E-state index in [0.29, 0.717) is 0 Å². The number of anilines is 2. The van der Waals surface area contributed by atoms with E-state index in [1.165, 1.54) is 16.5 Å². The van der Waals surface area contributed by atoms with Crippen molar-refractivity contribution in [3.05, 3.63) is 21.8 Å². The van der Waals surface area contributed by atoms with Gasteiger partial charge in [0, 0.05) is 16.7 Å². The van der Waals surface area contributed by atoms with Gasteiger partial charge in [0.05, 0.1) is 11.4 Å². The molecule has 0 amide bonds. The highest BCUT2D eigenvalue weighted by Gasteiger charge is 2.02. The van der Waals surface area contributed by atoms with Crippen LogP contribution in [0.4, 0.5) is 11.4 Å². The minimum Gasteiger partial charge on any atom is -0.397 e. The van der Waals surface area contributed by atoms with E-state index in [0.717, 1.165) is 31.0 Å². The van der Waals surface area contributed by atoms with E-state index >= 15 is 0 Å². The summed E-state index contributed by atoms with van der Waals surface area (Å²) in [6.45, 7) is 8.70. The molecule has 0 aliphatic rings. The van der Waals surface area contributed by atoms with Crippen molar-refractivity contribution in [2.24, 2.45) is 0 Å². The van der Waals surface area contributed by atoms with E-state index in [2.05, 4.69) is 52.7 Å². The molecule has 0 spiro atoms. The molecule has 3 nitrogen and oxygen atoms in total. The molecule has 0 saturated heterocycles. The molecule has 1 aromatic rings. The lowest BCUT2D eigenvalue weighted by atomic mass is 10.2. The first kappa shape index (κ1) is 14.6. The van der Waals surface area contributed by atoms with E-state index in [1.54, 1.807) is 0 Å². The van der Waals surface area contributed by atoms with Crippen LogP contribution in [0.1, 0.15) is 20.3 Å². The summed E-state index contributed by atoms with van der Waals surface area (Å²) in [4.78, 5) is 2.44. The molecule has 0 bridgehead atoms. The third-order valence-corrected chi connectivity index (χ3v) is 3.42. The summed E-state index contributed by atoms with van der Waals surface area (Å²) in [5, 5.41) is 3.39. The molecule has 1 aromatic carbocycles. The predicted molar refractivity (Wildman–Crippen MR) is 84.5 cm³/mol. The summed E-state index contributed by atoms with van der Waals surface area (Å²) in [5.74, 6) is 0. The zero-order valence-corrected chi connectivity index (χ0v) is 12.8. The van der Waals surface area contributed by atoms with E-state index in [1.807, 2.05) is 12.1 Å². The van der Waals surface area contributed by atoms with Crippen molar-refractivity contribution < 1.29 is 0 Å². The lowest BCUT2D eigenvalue weighted by Crippen LogP contribution is -2.29. The van der Waals surface area contributed by atoms with Gasteiger partial charge >= 0.3 is 0 Å². The minimum atomic E-state index is 0.829. The maximum absolute atomic E-state index is 5.95. The van der Waals surface area contributed by atoms with Gasteiger partial charge in [0.25, 0.3) is 0 Å². The van der Waals surface area contributed by atoms with Crippen LogP contribution in [0.25, 0.3) is 0 Å². The molecule has 0 unspecified atom stereocenters. The average Bonchev–Trinajstić information content (AvgIpc) is 2.30. The Balaban J connectivity index is 2.39. The van der Waals surface area contributed by atoms with E-state index in [9.17, 15) is 0 Å². The number of nitrogens with two attached hydrogens (primary N) is 1. The Morgan fingerprint density at radius 3 is 2.65 bits per heavy atom. The Bertz CT molecular complexity index is 341. The first-order chi connectivity index (χ1) is 8.17. The van der Waals surface area contributed by atoms with Crippen LogP contribution in [0.5, 0.6) is 0 Å². The highest BCUT2D eigenvalue weighted by atomic mass is 127. The third kappa shape index (κ3) is 5.12. The summed E-state index contributed by atoms with van der Waals surface area (Å²) in [7, 11) is 0. The Hall–Kier alpha value is -0.490. The zero-order chi connectivity index (χ0) is 12.7. The van der Waals surface area contributed by atoms with Gasteiger partial charge in [-0.15, -0.1) is 0 Å². The summed E-state index contributed by atoms with van der Waals surface area (Å²) in [6.07, 6.45) is 1.21. The van der Waals surface area contributed by atoms with Crippen LogP contribution >= 0.6 is 22.6 Å². The molecule has 0 aliphatic carbocycles. The van der Waals surface area contributed by atoms with E-state index in [4.69, 9.17) is 5.73 Å². The fourth-order valence-electron chi connectivity index (χ4n) is 1.79. The molecule has 0 atom stereocenters. The monoisotopic (exact) mass is 347 g/mol. The van der Waals surface area contributed by atoms with Crippen molar-refractivity contribution in [3.8, 4) is 0 Å². The van der Waals surface area contributed by atoms with Gasteiger partial charge in [-0.1, -0.05) is 13.8 Å². The third-order valence-electron chi connectivity index (χ3n) is 2.74. The Labute approximate surface area is 118 Å². The predicted octanol–water partition coefficient (Wildman–Crippen LogP) is 3.02. The SMILES string of the molecule is CCCN(CC)CCNc1ccc(I)cc1N. The van der Waals surface area contributed by atoms with E-state index < -0.39 is 0 Å². The molecule has 4 heteroatoms. The van der Waals surface area contributed by atoms with Crippen molar-refractivity contribution >= 4 is 34.0 Å². The van der Waals surface area contributed by atoms with Gasteiger partial charge in [-0.25, -0.2) is 0 Å². The highest BCUT2D eigenvalue weighted by molar-refractivity contribution is 14.1. The lowest BCUT2D eigenvalue weighted by molar-refractivity contribution is 0.300. The van der Waals surface area contributed by atoms with Crippen LogP contribution in [-0.2, 0) is 0 Å². The van der Waals surface area contributed by atoms with Gasteiger partial charge in [-0.2, -0.15) is 0 Å². The number of benzene rings is 1. The molecule has 17 heavy (non-hydrogen) atoms. The first-order valence-electron chi connectivity index (χ1n) is 6.18. The number of halogens is 1. The standard InChI is InChI=1S/C13H22IN3/c1-3-8-17(4-2)9-7-16-13-6-5-11(14)10-12(13)15/h5-6,10,16H,3-4,7-9,15H2,1-2H3. The van der Waals surface area contributed by atoms with Crippen molar-refractivity contribution in [1.82, 2.24) is 4.90 Å². The fraction of sp³-hybridized carbons (Fsp3) is 0.538. The number of nitrogens with zero attached hydrogens (tertiary/aromatic N) is 1. The largest absolute Gasteiger partial charge is 0.397 e. The van der Waals surface area contributed by atoms with Gasteiger partial charge < -0.3 is 16.0 Å². The molecular weight excluding hydrogens is 325 g/mol. The van der Waals surface area contributed by atoms with Gasteiger partial charge in [0.15, 0.2) is 0 Å². The smallest absolute Gasteiger partial charge is 0.0575 e. The van der Waals surface area contributed by atoms with Crippen LogP contribution in [0.3, 0.4) is 0 Å². The van der Waals surface area contributed by atoms with Crippen molar-refractivity contribution in [2.45, 2.75) is 20.3 Å². The molecule has 0 radical (unpaired) electrons. The number of nitrogens with one attached hydrogen (secondary N) is 1. The molecule has 3 N–H and O–H groups in total. The van der Waals surface area contributed by atoms with Crippen molar-refractivity contribution in [2.75, 3.05) is 37.2 Å². The topological polar surface area (TPSA) is 41.3 Å². The maximum atomic E-state index is 5.95. The highest BCUT2D eigenvalue weighted by Crippen LogP contribution is 2.20. The molecular formula is C13H22IN3. The first-order valence-corrected chi connectivity index (χ1v) is 7.26. The molecule has 0 fully saturated rings. The second kappa shape index (κ2) is 7.76. The molecule has 0 aromatic heterocycles. The van der Waals surface area contributed by atoms with Crippen LogP contribution < -0.4 is 11.1 Å². The summed E-state index contributed by atoms with van der Waals surface area (Å²) >= 11 is 2.27. The zero-order valence-electron chi connectivity index (χ0n) is 10.7. The number of hydrogen-bond acceptors (Lipinski definition) is 3. The van der Waals surface area contributed by atoms with Gasteiger partial charge in [-0.3, -0.25) is 0 Å². The normalized spacial score (nSPS) is 10.8. The number of hydrogen-bond donors (Lipinski definition) is 2. The molecule has 0 aliphatic heterocycles. The Kier molecular flexibility index (Phi) is 6.65. The molecule has 96 valence electrons. The Morgan fingerprint density at radius 1 is 1.29 bits per heavy atom. The fourth-order valence-corrected chi connectivity index (χ4v) is 2.30. The quantitative estimate of drug-likeness (QED) is 0.589. The minimum absolute atomic E-state index is 0.829. The van der Waals surface area contributed by atoms with Crippen LogP contribution in [0.15, 0.2) is 18.2 Å². The summed E-state index contributed by atoms with van der Waals surface area (Å²) in [6, 6.07) is 6.11. The number of rotatable bonds is 7. The number of nitrogen functional groups attached to an aromatic ring is 1. The average molecular weight is 347 g/mol. The van der Waals surface area contributed by atoms with Crippen molar-refractivity contribution in [3.63, 3.8) is 0 Å². The van der Waals surface area contributed by atoms with Crippen molar-refractivity contribution in [1.29, 1.82) is 0 Å². The van der Waals surface area contributed by atoms with Gasteiger partial charge in [-0.05, 0) is 60.3 Å². The van der Waals surface area contributed by atoms with Crippen LogP contribution in [-0.4, -0.2) is 31.1 Å². The second-order valence-corrected chi connectivity index (χ2v) is 5.34. The lowest BCUT2D eigenvalue weighted by Gasteiger charge is -2.20. The second-order valence-electron chi connectivity index (χ2n) is 4.09. The van der Waals surface area contributed by atoms with Crippen LogP contribution in [0.2, 0.25) is 0 Å². The maximum Gasteiger partial charge on any atom is 0.0575 e. The molecule has 1 rings (SSSR count). The van der Waals surface area contributed by atoms with Crippen LogP contribution in [0, 0.1) is 3.57 Å².